The van der Waals surface area contributed by atoms with Gasteiger partial charge in [0.2, 0.25) is 0 Å². The molecule has 1 aromatic carbocycles. The highest BCUT2D eigenvalue weighted by atomic mass is 19.1. The van der Waals surface area contributed by atoms with Gasteiger partial charge >= 0.3 is 0 Å². The summed E-state index contributed by atoms with van der Waals surface area (Å²) in [5, 5.41) is 0. The Morgan fingerprint density at radius 3 is 3.04 bits per heavy atom. The number of nitrogens with zero attached hydrogens (tertiary/aromatic N) is 2. The lowest BCUT2D eigenvalue weighted by atomic mass is 9.96. The molecule has 1 fully saturated rings. The maximum Gasteiger partial charge on any atom is 0.251 e. The number of nitrogens with one attached hydrogen (secondary N) is 1. The summed E-state index contributed by atoms with van der Waals surface area (Å²) >= 11 is 0. The number of likely N-dealkylation sites (tertiary alicyclic amines) is 1. The van der Waals surface area contributed by atoms with Gasteiger partial charge in [0.25, 0.3) is 5.56 Å². The molecule has 122 valence electrons. The van der Waals surface area contributed by atoms with Crippen LogP contribution in [0.15, 0.2) is 35.1 Å². The molecule has 0 radical (unpaired) electrons. The standard InChI is InChI=1S/C18H22FN3O/c1-2-16-10-17(23)21-18(20-16)14-6-4-8-22(12-14)11-13-5-3-7-15(19)9-13/h3,5,7,9-10,14H,2,4,6,8,11-12H2,1H3,(H,20,21,23)/t14-/m0/s1. The molecule has 2 aromatic rings. The smallest absolute Gasteiger partial charge is 0.251 e. The van der Waals surface area contributed by atoms with E-state index < -0.39 is 0 Å². The number of H-pyrrole nitrogens is 1. The molecule has 1 saturated heterocycles. The summed E-state index contributed by atoms with van der Waals surface area (Å²) < 4.78 is 13.3. The molecule has 2 heterocycles. The van der Waals surface area contributed by atoms with Crippen molar-refractivity contribution >= 4 is 0 Å². The third-order valence-corrected chi connectivity index (χ3v) is 4.36. The van der Waals surface area contributed by atoms with E-state index in [4.69, 9.17) is 0 Å². The molecule has 0 spiro atoms. The molecule has 1 N–H and O–H groups in total. The highest BCUT2D eigenvalue weighted by Gasteiger charge is 2.23. The Morgan fingerprint density at radius 2 is 2.26 bits per heavy atom. The van der Waals surface area contributed by atoms with E-state index in [0.29, 0.717) is 0 Å². The number of aryl methyl sites for hydroxylation is 1. The second-order valence-electron chi connectivity index (χ2n) is 6.18. The van der Waals surface area contributed by atoms with Crippen LogP contribution in [-0.2, 0) is 13.0 Å². The molecule has 0 aliphatic carbocycles. The number of piperidine rings is 1. The van der Waals surface area contributed by atoms with Gasteiger partial charge in [-0.05, 0) is 43.5 Å². The van der Waals surface area contributed by atoms with Crippen molar-refractivity contribution in [3.63, 3.8) is 0 Å². The summed E-state index contributed by atoms with van der Waals surface area (Å²) in [6, 6.07) is 8.31. The quantitative estimate of drug-likeness (QED) is 0.944. The fourth-order valence-electron chi connectivity index (χ4n) is 3.22. The molecule has 1 aliphatic rings. The molecular weight excluding hydrogens is 293 g/mol. The zero-order chi connectivity index (χ0) is 16.2. The van der Waals surface area contributed by atoms with E-state index in [1.165, 1.54) is 6.07 Å². The lowest BCUT2D eigenvalue weighted by molar-refractivity contribution is 0.196. The van der Waals surface area contributed by atoms with Crippen molar-refractivity contribution in [3.05, 3.63) is 63.6 Å². The summed E-state index contributed by atoms with van der Waals surface area (Å²) in [7, 11) is 0. The van der Waals surface area contributed by atoms with Gasteiger partial charge in [0.1, 0.15) is 11.6 Å². The maximum atomic E-state index is 13.3. The number of hydrogen-bond acceptors (Lipinski definition) is 3. The van der Waals surface area contributed by atoms with Crippen LogP contribution in [0.4, 0.5) is 4.39 Å². The van der Waals surface area contributed by atoms with Crippen molar-refractivity contribution in [2.75, 3.05) is 13.1 Å². The summed E-state index contributed by atoms with van der Waals surface area (Å²) in [6.45, 7) is 4.56. The van der Waals surface area contributed by atoms with Gasteiger partial charge in [0.15, 0.2) is 0 Å². The minimum Gasteiger partial charge on any atom is -0.310 e. The minimum absolute atomic E-state index is 0.0749. The maximum absolute atomic E-state index is 13.3. The largest absolute Gasteiger partial charge is 0.310 e. The lowest BCUT2D eigenvalue weighted by Crippen LogP contribution is -2.35. The van der Waals surface area contributed by atoms with E-state index >= 15 is 0 Å². The average Bonchev–Trinajstić information content (AvgIpc) is 2.54. The summed E-state index contributed by atoms with van der Waals surface area (Å²) in [4.78, 5) is 21.6. The van der Waals surface area contributed by atoms with Crippen LogP contribution in [0.2, 0.25) is 0 Å². The predicted octanol–water partition coefficient (Wildman–Crippen LogP) is 2.85. The summed E-state index contributed by atoms with van der Waals surface area (Å²) in [6.07, 6.45) is 2.84. The summed E-state index contributed by atoms with van der Waals surface area (Å²) in [5.74, 6) is 0.826. The molecule has 5 heteroatoms. The van der Waals surface area contributed by atoms with Crippen molar-refractivity contribution in [1.29, 1.82) is 0 Å². The first-order valence-corrected chi connectivity index (χ1v) is 8.21. The Morgan fingerprint density at radius 1 is 1.39 bits per heavy atom. The molecule has 0 unspecified atom stereocenters. The molecule has 1 atom stereocenters. The normalized spacial score (nSPS) is 19.0. The first-order valence-electron chi connectivity index (χ1n) is 8.21. The van der Waals surface area contributed by atoms with E-state index in [9.17, 15) is 9.18 Å². The van der Waals surface area contributed by atoms with Crippen LogP contribution >= 0.6 is 0 Å². The van der Waals surface area contributed by atoms with E-state index in [0.717, 1.165) is 56.0 Å². The lowest BCUT2D eigenvalue weighted by Gasteiger charge is -2.32. The number of halogens is 1. The predicted molar refractivity (Wildman–Crippen MR) is 87.9 cm³/mol. The van der Waals surface area contributed by atoms with Gasteiger partial charge in [-0.3, -0.25) is 9.69 Å². The number of aromatic nitrogens is 2. The molecule has 0 bridgehead atoms. The average molecular weight is 315 g/mol. The Hall–Kier alpha value is -2.01. The van der Waals surface area contributed by atoms with Gasteiger partial charge in [-0.15, -0.1) is 0 Å². The van der Waals surface area contributed by atoms with Crippen molar-refractivity contribution in [2.45, 2.75) is 38.6 Å². The third kappa shape index (κ3) is 4.05. The second-order valence-corrected chi connectivity index (χ2v) is 6.18. The van der Waals surface area contributed by atoms with Crippen molar-refractivity contribution in [1.82, 2.24) is 14.9 Å². The molecule has 0 saturated carbocycles. The highest BCUT2D eigenvalue weighted by Crippen LogP contribution is 2.25. The third-order valence-electron chi connectivity index (χ3n) is 4.36. The van der Waals surface area contributed by atoms with Crippen molar-refractivity contribution in [3.8, 4) is 0 Å². The summed E-state index contributed by atoms with van der Waals surface area (Å²) in [5.41, 5.74) is 1.74. The Balaban J connectivity index is 1.73. The minimum atomic E-state index is -0.197. The fraction of sp³-hybridized carbons (Fsp3) is 0.444. The van der Waals surface area contributed by atoms with Crippen LogP contribution in [0.1, 0.15) is 42.8 Å². The van der Waals surface area contributed by atoms with Gasteiger partial charge < -0.3 is 4.98 Å². The highest BCUT2D eigenvalue weighted by molar-refractivity contribution is 5.16. The van der Waals surface area contributed by atoms with Gasteiger partial charge in [0.05, 0.1) is 0 Å². The van der Waals surface area contributed by atoms with E-state index in [1.54, 1.807) is 18.2 Å². The van der Waals surface area contributed by atoms with E-state index in [1.807, 2.05) is 13.0 Å². The Kier molecular flexibility index (Phi) is 4.86. The first-order chi connectivity index (χ1) is 11.1. The number of hydrogen-bond donors (Lipinski definition) is 1. The van der Waals surface area contributed by atoms with Gasteiger partial charge in [0, 0.05) is 30.8 Å². The van der Waals surface area contributed by atoms with E-state index in [-0.39, 0.29) is 17.3 Å². The van der Waals surface area contributed by atoms with Gasteiger partial charge in [-0.2, -0.15) is 0 Å². The fourth-order valence-corrected chi connectivity index (χ4v) is 3.22. The SMILES string of the molecule is CCc1cc(=O)[nH]c([C@H]2CCCN(Cc3cccc(F)c3)C2)n1. The zero-order valence-electron chi connectivity index (χ0n) is 13.4. The van der Waals surface area contributed by atoms with E-state index in [2.05, 4.69) is 14.9 Å². The molecule has 23 heavy (non-hydrogen) atoms. The number of aromatic amines is 1. The van der Waals surface area contributed by atoms with Crippen LogP contribution in [0.5, 0.6) is 0 Å². The molecule has 1 aliphatic heterocycles. The topological polar surface area (TPSA) is 49.0 Å². The van der Waals surface area contributed by atoms with Crippen LogP contribution in [0.3, 0.4) is 0 Å². The molecule has 4 nitrogen and oxygen atoms in total. The number of benzene rings is 1. The molecular formula is C18H22FN3O. The van der Waals surface area contributed by atoms with Crippen LogP contribution in [-0.4, -0.2) is 28.0 Å². The monoisotopic (exact) mass is 315 g/mol. The van der Waals surface area contributed by atoms with Gasteiger partial charge in [-0.1, -0.05) is 19.1 Å². The number of rotatable bonds is 4. The Labute approximate surface area is 135 Å². The van der Waals surface area contributed by atoms with Crippen molar-refractivity contribution < 1.29 is 4.39 Å². The first kappa shape index (κ1) is 15.9. The molecule has 1 aromatic heterocycles. The van der Waals surface area contributed by atoms with Crippen LogP contribution in [0, 0.1) is 5.82 Å². The van der Waals surface area contributed by atoms with Crippen LogP contribution in [0.25, 0.3) is 0 Å². The zero-order valence-corrected chi connectivity index (χ0v) is 13.4. The molecule has 3 rings (SSSR count). The molecule has 0 amide bonds. The Bertz CT molecular complexity index is 728. The second kappa shape index (κ2) is 7.04. The van der Waals surface area contributed by atoms with Crippen LogP contribution < -0.4 is 5.56 Å². The van der Waals surface area contributed by atoms with Gasteiger partial charge in [-0.25, -0.2) is 9.37 Å². The van der Waals surface area contributed by atoms with Crippen molar-refractivity contribution in [2.24, 2.45) is 0 Å².